The van der Waals surface area contributed by atoms with Crippen LogP contribution in [0.15, 0.2) is 48.5 Å². The maximum Gasteiger partial charge on any atom is 0.272 e. The van der Waals surface area contributed by atoms with Crippen molar-refractivity contribution in [1.82, 2.24) is 9.88 Å². The molecule has 0 atom stereocenters. The maximum absolute atomic E-state index is 12.7. The van der Waals surface area contributed by atoms with Crippen LogP contribution in [0, 0.1) is 0 Å². The topological polar surface area (TPSA) is 57.4 Å². The number of nitrogens with one attached hydrogen (secondary N) is 2. The highest BCUT2D eigenvalue weighted by molar-refractivity contribution is 6.06. The van der Waals surface area contributed by atoms with Crippen LogP contribution in [0.3, 0.4) is 0 Å². The van der Waals surface area contributed by atoms with Crippen molar-refractivity contribution >= 4 is 22.5 Å². The molecular formula is C21H23N3O2. The zero-order valence-corrected chi connectivity index (χ0v) is 14.9. The Bertz CT molecular complexity index is 899. The molecule has 0 radical (unpaired) electrons. The van der Waals surface area contributed by atoms with Crippen molar-refractivity contribution in [2.24, 2.45) is 0 Å². The van der Waals surface area contributed by atoms with Crippen LogP contribution >= 0.6 is 0 Å². The molecule has 0 aliphatic carbocycles. The van der Waals surface area contributed by atoms with Crippen LogP contribution in [0.2, 0.25) is 0 Å². The molecule has 4 rings (SSSR count). The van der Waals surface area contributed by atoms with E-state index in [1.165, 1.54) is 11.1 Å². The molecule has 1 amide bonds. The van der Waals surface area contributed by atoms with E-state index >= 15 is 0 Å². The van der Waals surface area contributed by atoms with Crippen molar-refractivity contribution in [3.05, 3.63) is 65.4 Å². The molecule has 1 aliphatic rings. The predicted octanol–water partition coefficient (Wildman–Crippen LogP) is 3.77. The molecule has 0 spiro atoms. The number of carbonyl (C=O) groups is 1. The van der Waals surface area contributed by atoms with Gasteiger partial charge in [-0.05, 0) is 35.7 Å². The maximum atomic E-state index is 12.7. The summed E-state index contributed by atoms with van der Waals surface area (Å²) >= 11 is 0. The second-order valence-corrected chi connectivity index (χ2v) is 6.72. The molecule has 0 saturated heterocycles. The van der Waals surface area contributed by atoms with Gasteiger partial charge in [0.25, 0.3) is 5.91 Å². The van der Waals surface area contributed by atoms with Crippen molar-refractivity contribution in [2.45, 2.75) is 19.5 Å². The van der Waals surface area contributed by atoms with Crippen LogP contribution < -0.4 is 5.32 Å². The third-order valence-corrected chi connectivity index (χ3v) is 4.89. The summed E-state index contributed by atoms with van der Waals surface area (Å²) in [5.74, 6) is -0.104. The number of methoxy groups -OCH3 is 1. The first-order chi connectivity index (χ1) is 12.7. The number of aromatic amines is 1. The molecule has 5 nitrogen and oxygen atoms in total. The van der Waals surface area contributed by atoms with E-state index in [9.17, 15) is 4.79 Å². The third kappa shape index (κ3) is 3.36. The number of hydrogen-bond acceptors (Lipinski definition) is 3. The number of hydrogen-bond donors (Lipinski definition) is 2. The molecule has 3 aromatic rings. The van der Waals surface area contributed by atoms with E-state index in [4.69, 9.17) is 4.74 Å². The van der Waals surface area contributed by atoms with E-state index in [2.05, 4.69) is 21.3 Å². The van der Waals surface area contributed by atoms with Gasteiger partial charge in [0.15, 0.2) is 0 Å². The number of nitrogens with zero attached hydrogens (tertiary/aromatic N) is 1. The zero-order chi connectivity index (χ0) is 17.9. The van der Waals surface area contributed by atoms with Crippen LogP contribution in [0.1, 0.15) is 28.0 Å². The summed E-state index contributed by atoms with van der Waals surface area (Å²) in [4.78, 5) is 18.3. The molecule has 2 heterocycles. The van der Waals surface area contributed by atoms with Crippen LogP contribution in [0.4, 0.5) is 5.69 Å². The molecule has 134 valence electrons. The number of amides is 1. The van der Waals surface area contributed by atoms with Gasteiger partial charge in [-0.25, -0.2) is 0 Å². The highest BCUT2D eigenvalue weighted by Crippen LogP contribution is 2.29. The van der Waals surface area contributed by atoms with Gasteiger partial charge in [0.2, 0.25) is 0 Å². The molecule has 26 heavy (non-hydrogen) atoms. The Hall–Kier alpha value is -2.63. The Kier molecular flexibility index (Phi) is 4.73. The van der Waals surface area contributed by atoms with Gasteiger partial charge < -0.3 is 15.0 Å². The van der Waals surface area contributed by atoms with Crippen molar-refractivity contribution in [2.75, 3.05) is 25.6 Å². The van der Waals surface area contributed by atoms with Gasteiger partial charge in [-0.2, -0.15) is 0 Å². The summed E-state index contributed by atoms with van der Waals surface area (Å²) in [5.41, 5.74) is 4.96. The minimum absolute atomic E-state index is 0.104. The van der Waals surface area contributed by atoms with E-state index in [0.29, 0.717) is 5.69 Å². The number of aromatic nitrogens is 1. The lowest BCUT2D eigenvalue weighted by atomic mass is 10.1. The molecule has 5 heteroatoms. The first kappa shape index (κ1) is 16.8. The van der Waals surface area contributed by atoms with Crippen LogP contribution in [0.25, 0.3) is 10.9 Å². The third-order valence-electron chi connectivity index (χ3n) is 4.89. The monoisotopic (exact) mass is 349 g/mol. The number of para-hydroxylation sites is 1. The fourth-order valence-corrected chi connectivity index (χ4v) is 3.58. The Morgan fingerprint density at radius 1 is 1.19 bits per heavy atom. The summed E-state index contributed by atoms with van der Waals surface area (Å²) in [5, 5.41) is 4.13. The number of H-pyrrole nitrogens is 1. The second-order valence-electron chi connectivity index (χ2n) is 6.72. The largest absolute Gasteiger partial charge is 0.385 e. The molecule has 0 fully saturated rings. The van der Waals surface area contributed by atoms with E-state index in [0.717, 1.165) is 49.3 Å². The lowest BCUT2D eigenvalue weighted by molar-refractivity contribution is 0.102. The Balaban J connectivity index is 1.49. The Morgan fingerprint density at radius 2 is 2.08 bits per heavy atom. The minimum atomic E-state index is -0.104. The summed E-state index contributed by atoms with van der Waals surface area (Å²) < 4.78 is 5.14. The molecule has 1 aromatic heterocycles. The molecule has 0 unspecified atom stereocenters. The fraction of sp³-hybridized carbons (Fsp3) is 0.286. The molecule has 2 N–H and O–H groups in total. The molecule has 0 bridgehead atoms. The van der Waals surface area contributed by atoms with Crippen molar-refractivity contribution < 1.29 is 9.53 Å². The zero-order valence-electron chi connectivity index (χ0n) is 14.9. The van der Waals surface area contributed by atoms with E-state index in [1.807, 2.05) is 42.5 Å². The Morgan fingerprint density at radius 3 is 2.92 bits per heavy atom. The van der Waals surface area contributed by atoms with E-state index in [1.54, 1.807) is 7.11 Å². The normalized spacial score (nSPS) is 13.9. The molecular weight excluding hydrogens is 326 g/mol. The van der Waals surface area contributed by atoms with Gasteiger partial charge in [-0.15, -0.1) is 0 Å². The standard InChI is InChI=1S/C21H23N3O2/c1-26-11-5-10-24-13-16-7-4-9-19(17(16)14-24)23-21(25)20-12-15-6-2-3-8-18(15)22-20/h2-4,6-9,12,22H,5,10-11,13-14H2,1H3,(H,23,25). The smallest absolute Gasteiger partial charge is 0.272 e. The van der Waals surface area contributed by atoms with Gasteiger partial charge in [0, 0.05) is 49.9 Å². The van der Waals surface area contributed by atoms with Crippen molar-refractivity contribution in [1.29, 1.82) is 0 Å². The van der Waals surface area contributed by atoms with Gasteiger partial charge in [0.1, 0.15) is 5.69 Å². The average Bonchev–Trinajstić information content (AvgIpc) is 3.26. The second kappa shape index (κ2) is 7.32. The number of fused-ring (bicyclic) bond motifs is 2. The first-order valence-corrected chi connectivity index (χ1v) is 8.96. The minimum Gasteiger partial charge on any atom is -0.385 e. The lowest BCUT2D eigenvalue weighted by Crippen LogP contribution is -2.19. The van der Waals surface area contributed by atoms with Gasteiger partial charge >= 0.3 is 0 Å². The summed E-state index contributed by atoms with van der Waals surface area (Å²) in [6, 6.07) is 15.9. The van der Waals surface area contributed by atoms with Crippen molar-refractivity contribution in [3.8, 4) is 0 Å². The molecule has 0 saturated carbocycles. The first-order valence-electron chi connectivity index (χ1n) is 8.96. The lowest BCUT2D eigenvalue weighted by Gasteiger charge is -2.14. The van der Waals surface area contributed by atoms with E-state index < -0.39 is 0 Å². The highest BCUT2D eigenvalue weighted by atomic mass is 16.5. The van der Waals surface area contributed by atoms with Crippen LogP contribution in [-0.4, -0.2) is 36.1 Å². The van der Waals surface area contributed by atoms with Gasteiger partial charge in [-0.3, -0.25) is 9.69 Å². The SMILES string of the molecule is COCCCN1Cc2cccc(NC(=O)c3cc4ccccc4[nH]3)c2C1. The van der Waals surface area contributed by atoms with Gasteiger partial charge in [-0.1, -0.05) is 30.3 Å². The van der Waals surface area contributed by atoms with Gasteiger partial charge in [0.05, 0.1) is 0 Å². The van der Waals surface area contributed by atoms with Crippen LogP contribution in [-0.2, 0) is 17.8 Å². The van der Waals surface area contributed by atoms with Crippen molar-refractivity contribution in [3.63, 3.8) is 0 Å². The van der Waals surface area contributed by atoms with Crippen LogP contribution in [0.5, 0.6) is 0 Å². The molecule has 2 aromatic carbocycles. The summed E-state index contributed by atoms with van der Waals surface area (Å²) in [7, 11) is 1.73. The Labute approximate surface area is 153 Å². The predicted molar refractivity (Wildman–Crippen MR) is 103 cm³/mol. The number of carbonyl (C=O) groups excluding carboxylic acids is 1. The van der Waals surface area contributed by atoms with E-state index in [-0.39, 0.29) is 5.91 Å². The molecule has 1 aliphatic heterocycles. The number of anilines is 1. The quantitative estimate of drug-likeness (QED) is 0.666. The fourth-order valence-electron chi connectivity index (χ4n) is 3.58. The number of rotatable bonds is 6. The summed E-state index contributed by atoms with van der Waals surface area (Å²) in [6.45, 7) is 3.56. The number of ether oxygens (including phenoxy) is 1. The number of benzene rings is 2. The average molecular weight is 349 g/mol. The summed E-state index contributed by atoms with van der Waals surface area (Å²) in [6.07, 6.45) is 1.02. The highest BCUT2D eigenvalue weighted by Gasteiger charge is 2.22.